The minimum atomic E-state index is 0.144. The van der Waals surface area contributed by atoms with Crippen LogP contribution in [0.5, 0.6) is 0 Å². The van der Waals surface area contributed by atoms with Gasteiger partial charge in [-0.15, -0.1) is 0 Å². The second-order valence-electron chi connectivity index (χ2n) is 5.71. The SMILES string of the molecule is CCc1[c]cc(CC)c(C(=O)c2c(C)cc(C)cc2C)c1. The van der Waals surface area contributed by atoms with Crippen molar-refractivity contribution >= 4 is 5.78 Å². The number of rotatable bonds is 4. The molecule has 0 saturated heterocycles. The van der Waals surface area contributed by atoms with Crippen molar-refractivity contribution in [1.82, 2.24) is 0 Å². The number of aryl methyl sites for hydroxylation is 5. The molecule has 0 aliphatic carbocycles. The van der Waals surface area contributed by atoms with E-state index in [0.717, 1.165) is 46.2 Å². The van der Waals surface area contributed by atoms with Gasteiger partial charge in [0, 0.05) is 11.1 Å². The van der Waals surface area contributed by atoms with Crippen molar-refractivity contribution in [1.29, 1.82) is 0 Å². The summed E-state index contributed by atoms with van der Waals surface area (Å²) < 4.78 is 0. The molecule has 0 saturated carbocycles. The van der Waals surface area contributed by atoms with E-state index in [1.807, 2.05) is 26.0 Å². The van der Waals surface area contributed by atoms with Crippen LogP contribution in [0, 0.1) is 26.8 Å². The molecule has 1 heteroatoms. The highest BCUT2D eigenvalue weighted by Gasteiger charge is 2.18. The van der Waals surface area contributed by atoms with Crippen molar-refractivity contribution in [3.8, 4) is 0 Å². The number of hydrogen-bond donors (Lipinski definition) is 0. The molecule has 0 amide bonds. The Hall–Kier alpha value is -1.89. The van der Waals surface area contributed by atoms with Gasteiger partial charge in [0.25, 0.3) is 0 Å². The highest BCUT2D eigenvalue weighted by Crippen LogP contribution is 2.23. The minimum absolute atomic E-state index is 0.144. The Labute approximate surface area is 128 Å². The Morgan fingerprint density at radius 3 is 2.14 bits per heavy atom. The monoisotopic (exact) mass is 279 g/mol. The van der Waals surface area contributed by atoms with Crippen LogP contribution in [0.4, 0.5) is 0 Å². The quantitative estimate of drug-likeness (QED) is 0.737. The zero-order valence-electron chi connectivity index (χ0n) is 13.6. The average Bonchev–Trinajstić information content (AvgIpc) is 2.45. The van der Waals surface area contributed by atoms with Crippen LogP contribution in [0.3, 0.4) is 0 Å². The normalized spacial score (nSPS) is 10.7. The predicted octanol–water partition coefficient (Wildman–Crippen LogP) is 4.77. The van der Waals surface area contributed by atoms with Gasteiger partial charge in [0.15, 0.2) is 5.78 Å². The fourth-order valence-electron chi connectivity index (χ4n) is 2.95. The van der Waals surface area contributed by atoms with E-state index in [0.29, 0.717) is 0 Å². The highest BCUT2D eigenvalue weighted by molar-refractivity contribution is 6.11. The average molecular weight is 279 g/mol. The van der Waals surface area contributed by atoms with Crippen molar-refractivity contribution < 1.29 is 4.79 Å². The molecule has 0 fully saturated rings. The maximum atomic E-state index is 13.0. The van der Waals surface area contributed by atoms with Crippen molar-refractivity contribution in [3.05, 3.63) is 69.3 Å². The topological polar surface area (TPSA) is 17.1 Å². The van der Waals surface area contributed by atoms with Gasteiger partial charge in [-0.05, 0) is 68.0 Å². The number of benzene rings is 2. The van der Waals surface area contributed by atoms with Gasteiger partial charge in [0.2, 0.25) is 0 Å². The third-order valence-corrected chi connectivity index (χ3v) is 4.01. The summed E-state index contributed by atoms with van der Waals surface area (Å²) in [6.45, 7) is 10.3. The second-order valence-corrected chi connectivity index (χ2v) is 5.71. The van der Waals surface area contributed by atoms with Gasteiger partial charge in [-0.2, -0.15) is 0 Å². The molecule has 0 bridgehead atoms. The van der Waals surface area contributed by atoms with Crippen molar-refractivity contribution in [2.45, 2.75) is 47.5 Å². The van der Waals surface area contributed by atoms with E-state index in [1.165, 1.54) is 5.56 Å². The van der Waals surface area contributed by atoms with E-state index in [4.69, 9.17) is 0 Å². The highest BCUT2D eigenvalue weighted by atomic mass is 16.1. The lowest BCUT2D eigenvalue weighted by Gasteiger charge is -2.13. The van der Waals surface area contributed by atoms with E-state index in [-0.39, 0.29) is 5.78 Å². The maximum Gasteiger partial charge on any atom is 0.193 e. The molecule has 0 aliphatic heterocycles. The summed E-state index contributed by atoms with van der Waals surface area (Å²) in [6, 6.07) is 11.4. The fourth-order valence-corrected chi connectivity index (χ4v) is 2.95. The van der Waals surface area contributed by atoms with Crippen LogP contribution in [-0.2, 0) is 12.8 Å². The Morgan fingerprint density at radius 1 is 1.00 bits per heavy atom. The molecule has 2 aromatic carbocycles. The van der Waals surface area contributed by atoms with Gasteiger partial charge >= 0.3 is 0 Å². The zero-order valence-corrected chi connectivity index (χ0v) is 13.6. The molecule has 0 N–H and O–H groups in total. The lowest BCUT2D eigenvalue weighted by molar-refractivity contribution is 0.103. The van der Waals surface area contributed by atoms with Gasteiger partial charge in [-0.1, -0.05) is 37.6 Å². The Morgan fingerprint density at radius 2 is 1.62 bits per heavy atom. The van der Waals surface area contributed by atoms with Crippen LogP contribution in [0.2, 0.25) is 0 Å². The minimum Gasteiger partial charge on any atom is -0.289 e. The Bertz CT molecular complexity index is 657. The first-order valence-electron chi connectivity index (χ1n) is 7.63. The summed E-state index contributed by atoms with van der Waals surface area (Å²) in [7, 11) is 0. The molecule has 21 heavy (non-hydrogen) atoms. The van der Waals surface area contributed by atoms with Crippen LogP contribution in [0.25, 0.3) is 0 Å². The van der Waals surface area contributed by atoms with Gasteiger partial charge in [-0.3, -0.25) is 4.79 Å². The van der Waals surface area contributed by atoms with E-state index in [9.17, 15) is 4.79 Å². The molecule has 1 nitrogen and oxygen atoms in total. The smallest absolute Gasteiger partial charge is 0.193 e. The van der Waals surface area contributed by atoms with Crippen LogP contribution < -0.4 is 0 Å². The molecule has 0 atom stereocenters. The molecule has 0 unspecified atom stereocenters. The van der Waals surface area contributed by atoms with Crippen LogP contribution >= 0.6 is 0 Å². The Balaban J connectivity index is 2.59. The van der Waals surface area contributed by atoms with Crippen LogP contribution in [-0.4, -0.2) is 5.78 Å². The van der Waals surface area contributed by atoms with E-state index in [2.05, 4.69) is 39.0 Å². The summed E-state index contributed by atoms with van der Waals surface area (Å²) in [6.07, 6.45) is 1.75. The Kier molecular flexibility index (Phi) is 4.62. The fraction of sp³-hybridized carbons (Fsp3) is 0.350. The predicted molar refractivity (Wildman–Crippen MR) is 88.1 cm³/mol. The lowest BCUT2D eigenvalue weighted by atomic mass is 9.89. The molecule has 2 aromatic rings. The summed E-state index contributed by atoms with van der Waals surface area (Å²) in [5, 5.41) is 0. The third-order valence-electron chi connectivity index (χ3n) is 4.01. The van der Waals surface area contributed by atoms with Gasteiger partial charge < -0.3 is 0 Å². The molecular formula is C20H23O. The molecule has 0 aliphatic rings. The van der Waals surface area contributed by atoms with Gasteiger partial charge in [0.05, 0.1) is 0 Å². The van der Waals surface area contributed by atoms with Gasteiger partial charge in [-0.25, -0.2) is 0 Å². The molecule has 0 heterocycles. The number of carbonyl (C=O) groups excluding carboxylic acids is 1. The van der Waals surface area contributed by atoms with Crippen molar-refractivity contribution in [2.75, 3.05) is 0 Å². The van der Waals surface area contributed by atoms with Gasteiger partial charge in [0.1, 0.15) is 0 Å². The lowest BCUT2D eigenvalue weighted by Crippen LogP contribution is -2.10. The summed E-state index contributed by atoms with van der Waals surface area (Å²) in [5.74, 6) is 0.144. The van der Waals surface area contributed by atoms with Crippen molar-refractivity contribution in [2.24, 2.45) is 0 Å². The maximum absolute atomic E-state index is 13.0. The second kappa shape index (κ2) is 6.26. The van der Waals surface area contributed by atoms with E-state index < -0.39 is 0 Å². The standard InChI is InChI=1S/C20H23O/c1-6-16-8-9-17(7-2)18(12-16)20(21)19-14(4)10-13(3)11-15(19)5/h9-12H,6-7H2,1-5H3. The summed E-state index contributed by atoms with van der Waals surface area (Å²) >= 11 is 0. The number of carbonyl (C=O) groups is 1. The molecular weight excluding hydrogens is 256 g/mol. The molecule has 0 spiro atoms. The van der Waals surface area contributed by atoms with E-state index in [1.54, 1.807) is 0 Å². The first kappa shape index (κ1) is 15.5. The first-order valence-corrected chi connectivity index (χ1v) is 7.63. The van der Waals surface area contributed by atoms with Crippen LogP contribution in [0.1, 0.15) is 57.6 Å². The zero-order chi connectivity index (χ0) is 15.6. The molecule has 2 rings (SSSR count). The molecule has 109 valence electrons. The summed E-state index contributed by atoms with van der Waals surface area (Å²) in [5.41, 5.74) is 7.19. The largest absolute Gasteiger partial charge is 0.289 e. The van der Waals surface area contributed by atoms with Crippen LogP contribution in [0.15, 0.2) is 24.3 Å². The number of ketones is 1. The molecule has 0 aromatic heterocycles. The van der Waals surface area contributed by atoms with E-state index >= 15 is 0 Å². The molecule has 1 radical (unpaired) electrons. The van der Waals surface area contributed by atoms with Crippen molar-refractivity contribution in [3.63, 3.8) is 0 Å². The third kappa shape index (κ3) is 3.07. The summed E-state index contributed by atoms with van der Waals surface area (Å²) in [4.78, 5) is 13.0. The first-order chi connectivity index (χ1) is 9.97. The number of hydrogen-bond acceptors (Lipinski definition) is 1.